The molecule has 5 nitrogen and oxygen atoms in total. The van der Waals surface area contributed by atoms with Gasteiger partial charge in [0.05, 0.1) is 13.2 Å². The molecule has 100 valence electrons. The third-order valence-corrected chi connectivity index (χ3v) is 5.91. The van der Waals surface area contributed by atoms with Gasteiger partial charge in [0.2, 0.25) is 6.79 Å². The van der Waals surface area contributed by atoms with Crippen molar-refractivity contribution in [1.29, 1.82) is 0 Å². The van der Waals surface area contributed by atoms with Crippen molar-refractivity contribution in [2.75, 3.05) is 20.0 Å². The molecule has 0 spiro atoms. The Labute approximate surface area is 110 Å². The van der Waals surface area contributed by atoms with E-state index < -0.39 is 6.80 Å². The lowest BCUT2D eigenvalue weighted by Crippen LogP contribution is -1.93. The maximum atomic E-state index is 12.3. The molecule has 0 unspecified atom stereocenters. The summed E-state index contributed by atoms with van der Waals surface area (Å²) in [6.45, 7) is 1.33. The average Bonchev–Trinajstić information content (AvgIpc) is 2.76. The first-order chi connectivity index (χ1) is 8.67. The van der Waals surface area contributed by atoms with Crippen LogP contribution >= 0.6 is 18.2 Å². The smallest absolute Gasteiger partial charge is 0.393 e. The van der Waals surface area contributed by atoms with Crippen molar-refractivity contribution in [3.8, 4) is 11.5 Å². The summed E-state index contributed by atoms with van der Waals surface area (Å²) in [4.78, 5) is 0.768. The number of fused-ring (bicyclic) bond motifs is 1. The van der Waals surface area contributed by atoms with E-state index in [-0.39, 0.29) is 6.79 Å². The van der Waals surface area contributed by atoms with Gasteiger partial charge >= 0.3 is 6.80 Å². The molecule has 1 aliphatic rings. The van der Waals surface area contributed by atoms with Gasteiger partial charge in [0.15, 0.2) is 11.5 Å². The second-order valence-corrected chi connectivity index (χ2v) is 7.34. The molecule has 1 aromatic rings. The zero-order valence-corrected chi connectivity index (χ0v) is 12.0. The van der Waals surface area contributed by atoms with E-state index in [1.54, 1.807) is 26.0 Å². The monoisotopic (exact) mass is 290 g/mol. The Balaban J connectivity index is 2.14. The fourth-order valence-corrected chi connectivity index (χ4v) is 4.89. The van der Waals surface area contributed by atoms with Crippen molar-refractivity contribution < 1.29 is 23.1 Å². The molecule has 0 bridgehead atoms. The van der Waals surface area contributed by atoms with E-state index in [9.17, 15) is 4.57 Å². The first-order valence-corrected chi connectivity index (χ1v) is 8.61. The van der Waals surface area contributed by atoms with Crippen LogP contribution in [0.25, 0.3) is 0 Å². The minimum atomic E-state index is -3.15. The molecule has 0 radical (unpaired) electrons. The fourth-order valence-electron chi connectivity index (χ4n) is 1.47. The van der Waals surface area contributed by atoms with E-state index >= 15 is 0 Å². The van der Waals surface area contributed by atoms with E-state index in [1.807, 2.05) is 6.07 Å². The third kappa shape index (κ3) is 3.20. The first-order valence-electron chi connectivity index (χ1n) is 5.65. The zero-order chi connectivity index (χ0) is 13.0. The average molecular weight is 290 g/mol. The molecule has 0 amide bonds. The Morgan fingerprint density at radius 2 is 1.89 bits per heavy atom. The first kappa shape index (κ1) is 13.7. The summed E-state index contributed by atoms with van der Waals surface area (Å²) in [5.41, 5.74) is 0. The van der Waals surface area contributed by atoms with Gasteiger partial charge in [-0.15, -0.1) is 0 Å². The molecule has 0 N–H and O–H groups in total. The highest BCUT2D eigenvalue weighted by atomic mass is 32.7. The zero-order valence-electron chi connectivity index (χ0n) is 10.3. The Morgan fingerprint density at radius 1 is 1.22 bits per heavy atom. The molecule has 0 aliphatic carbocycles. The van der Waals surface area contributed by atoms with Crippen LogP contribution in [0.4, 0.5) is 0 Å². The molecular formula is C11H15O5PS. The Bertz CT molecular complexity index is 455. The quantitative estimate of drug-likeness (QED) is 0.745. The highest BCUT2D eigenvalue weighted by Crippen LogP contribution is 2.64. The van der Waals surface area contributed by atoms with Crippen LogP contribution in [0.15, 0.2) is 23.1 Å². The molecule has 2 rings (SSSR count). The van der Waals surface area contributed by atoms with Crippen molar-refractivity contribution in [3.05, 3.63) is 18.2 Å². The SMILES string of the molecule is CCOP(=O)(OCC)Sc1ccc2c(c1)OCO2. The standard InChI is InChI=1S/C11H15O5PS/c1-3-15-17(12,16-4-2)18-9-5-6-10-11(7-9)14-8-13-10/h5-7H,3-4,8H2,1-2H3. The second-order valence-electron chi connectivity index (χ2n) is 3.39. The summed E-state index contributed by atoms with van der Waals surface area (Å²) in [5.74, 6) is 1.35. The lowest BCUT2D eigenvalue weighted by molar-refractivity contribution is 0.174. The van der Waals surface area contributed by atoms with Gasteiger partial charge in [0.1, 0.15) is 0 Å². The number of benzene rings is 1. The molecule has 0 saturated heterocycles. The van der Waals surface area contributed by atoms with Crippen LogP contribution in [-0.2, 0) is 13.6 Å². The van der Waals surface area contributed by atoms with Gasteiger partial charge < -0.3 is 18.5 Å². The summed E-state index contributed by atoms with van der Waals surface area (Å²) in [7, 11) is 0. The predicted molar refractivity (Wildman–Crippen MR) is 69.3 cm³/mol. The second kappa shape index (κ2) is 5.97. The van der Waals surface area contributed by atoms with Crippen LogP contribution in [0, 0.1) is 0 Å². The van der Waals surface area contributed by atoms with Crippen molar-refractivity contribution in [2.24, 2.45) is 0 Å². The van der Waals surface area contributed by atoms with Crippen LogP contribution < -0.4 is 9.47 Å². The van der Waals surface area contributed by atoms with Crippen LogP contribution in [0.5, 0.6) is 11.5 Å². The highest BCUT2D eigenvalue weighted by Gasteiger charge is 2.26. The highest BCUT2D eigenvalue weighted by molar-refractivity contribution is 8.55. The molecule has 1 aliphatic heterocycles. The van der Waals surface area contributed by atoms with Crippen LogP contribution in [-0.4, -0.2) is 20.0 Å². The molecule has 0 atom stereocenters. The van der Waals surface area contributed by atoms with Crippen molar-refractivity contribution in [2.45, 2.75) is 18.7 Å². The van der Waals surface area contributed by atoms with Gasteiger partial charge in [-0.2, -0.15) is 0 Å². The van der Waals surface area contributed by atoms with Gasteiger partial charge in [0, 0.05) is 4.90 Å². The fraction of sp³-hybridized carbons (Fsp3) is 0.455. The predicted octanol–water partition coefficient (Wildman–Crippen LogP) is 3.69. The lowest BCUT2D eigenvalue weighted by Gasteiger charge is -2.15. The molecule has 0 fully saturated rings. The van der Waals surface area contributed by atoms with Gasteiger partial charge in [0.25, 0.3) is 0 Å². The van der Waals surface area contributed by atoms with Crippen LogP contribution in [0.2, 0.25) is 0 Å². The Morgan fingerprint density at radius 3 is 2.56 bits per heavy atom. The minimum absolute atomic E-state index is 0.220. The van der Waals surface area contributed by atoms with Crippen molar-refractivity contribution in [1.82, 2.24) is 0 Å². The maximum Gasteiger partial charge on any atom is 0.393 e. The van der Waals surface area contributed by atoms with Crippen LogP contribution in [0.1, 0.15) is 13.8 Å². The van der Waals surface area contributed by atoms with Gasteiger partial charge in [-0.3, -0.25) is 0 Å². The molecule has 0 aromatic heterocycles. The van der Waals surface area contributed by atoms with E-state index in [1.165, 1.54) is 0 Å². The van der Waals surface area contributed by atoms with E-state index in [4.69, 9.17) is 18.5 Å². The van der Waals surface area contributed by atoms with Crippen molar-refractivity contribution >= 4 is 18.2 Å². The van der Waals surface area contributed by atoms with Gasteiger partial charge in [-0.05, 0) is 43.4 Å². The third-order valence-electron chi connectivity index (χ3n) is 2.14. The molecule has 1 heterocycles. The van der Waals surface area contributed by atoms with E-state index in [0.717, 1.165) is 16.3 Å². The summed E-state index contributed by atoms with van der Waals surface area (Å²) >= 11 is 1.08. The number of rotatable bonds is 6. The normalized spacial score (nSPS) is 13.9. The number of hydrogen-bond acceptors (Lipinski definition) is 6. The number of hydrogen-bond donors (Lipinski definition) is 0. The summed E-state index contributed by atoms with van der Waals surface area (Å²) in [6.07, 6.45) is 0. The number of ether oxygens (including phenoxy) is 2. The maximum absolute atomic E-state index is 12.3. The summed E-state index contributed by atoms with van der Waals surface area (Å²) in [6, 6.07) is 5.37. The van der Waals surface area contributed by atoms with Crippen molar-refractivity contribution in [3.63, 3.8) is 0 Å². The summed E-state index contributed by atoms with van der Waals surface area (Å²) < 4.78 is 33.2. The molecule has 0 saturated carbocycles. The Kier molecular flexibility index (Phi) is 4.56. The lowest BCUT2D eigenvalue weighted by atomic mass is 10.3. The van der Waals surface area contributed by atoms with Gasteiger partial charge in [-0.1, -0.05) is 0 Å². The topological polar surface area (TPSA) is 54.0 Å². The van der Waals surface area contributed by atoms with E-state index in [0.29, 0.717) is 24.7 Å². The molecule has 7 heteroatoms. The van der Waals surface area contributed by atoms with E-state index in [2.05, 4.69) is 0 Å². The van der Waals surface area contributed by atoms with Crippen LogP contribution in [0.3, 0.4) is 0 Å². The largest absolute Gasteiger partial charge is 0.454 e. The molecule has 1 aromatic carbocycles. The minimum Gasteiger partial charge on any atom is -0.454 e. The van der Waals surface area contributed by atoms with Gasteiger partial charge in [-0.25, -0.2) is 4.57 Å². The molecular weight excluding hydrogens is 275 g/mol. The molecule has 18 heavy (non-hydrogen) atoms. The Hall–Kier alpha value is -0.680. The summed E-state index contributed by atoms with van der Waals surface area (Å²) in [5, 5.41) is 0.